The van der Waals surface area contributed by atoms with Crippen LogP contribution in [0.5, 0.6) is 5.75 Å². The SMILES string of the molecule is CCOC(=O)c1c(OC)ccc(C#N)c1F. The summed E-state index contributed by atoms with van der Waals surface area (Å²) in [5.41, 5.74) is -0.563. The van der Waals surface area contributed by atoms with Crippen LogP contribution in [-0.2, 0) is 4.74 Å². The Balaban J connectivity index is 3.33. The van der Waals surface area contributed by atoms with Gasteiger partial charge in [-0.1, -0.05) is 0 Å². The van der Waals surface area contributed by atoms with Crippen LogP contribution in [0, 0.1) is 17.1 Å². The molecule has 0 bridgehead atoms. The predicted molar refractivity (Wildman–Crippen MR) is 53.6 cm³/mol. The van der Waals surface area contributed by atoms with Crippen molar-refractivity contribution in [1.82, 2.24) is 0 Å². The molecule has 0 saturated carbocycles. The standard InChI is InChI=1S/C11H10FNO3/c1-3-16-11(14)9-8(15-2)5-4-7(6-13)10(9)12/h4-5H,3H2,1-2H3. The Morgan fingerprint density at radius 2 is 2.25 bits per heavy atom. The molecule has 1 aromatic rings. The van der Waals surface area contributed by atoms with Gasteiger partial charge in [-0.3, -0.25) is 0 Å². The summed E-state index contributed by atoms with van der Waals surface area (Å²) in [5, 5.41) is 8.64. The van der Waals surface area contributed by atoms with E-state index in [1.807, 2.05) is 0 Å². The monoisotopic (exact) mass is 223 g/mol. The molecule has 0 unspecified atom stereocenters. The molecule has 0 aliphatic carbocycles. The highest BCUT2D eigenvalue weighted by molar-refractivity contribution is 5.93. The molecule has 0 radical (unpaired) electrons. The van der Waals surface area contributed by atoms with Gasteiger partial charge in [-0.15, -0.1) is 0 Å². The number of esters is 1. The number of halogens is 1. The highest BCUT2D eigenvalue weighted by Gasteiger charge is 2.21. The highest BCUT2D eigenvalue weighted by atomic mass is 19.1. The summed E-state index contributed by atoms with van der Waals surface area (Å²) in [6.45, 7) is 1.73. The zero-order valence-electron chi connectivity index (χ0n) is 8.91. The van der Waals surface area contributed by atoms with Crippen molar-refractivity contribution in [2.45, 2.75) is 6.92 Å². The van der Waals surface area contributed by atoms with Gasteiger partial charge >= 0.3 is 5.97 Å². The van der Waals surface area contributed by atoms with Crippen molar-refractivity contribution in [3.05, 3.63) is 29.1 Å². The Morgan fingerprint density at radius 3 is 2.75 bits per heavy atom. The van der Waals surface area contributed by atoms with Gasteiger partial charge in [0.05, 0.1) is 19.3 Å². The second-order valence-electron chi connectivity index (χ2n) is 2.84. The van der Waals surface area contributed by atoms with E-state index in [9.17, 15) is 9.18 Å². The van der Waals surface area contributed by atoms with E-state index in [4.69, 9.17) is 10.00 Å². The molecule has 5 heteroatoms. The molecule has 0 saturated heterocycles. The van der Waals surface area contributed by atoms with Crippen LogP contribution in [0.2, 0.25) is 0 Å². The topological polar surface area (TPSA) is 59.3 Å². The third-order valence-corrected chi connectivity index (χ3v) is 1.92. The number of nitrogens with zero attached hydrogens (tertiary/aromatic N) is 1. The van der Waals surface area contributed by atoms with Gasteiger partial charge in [0.15, 0.2) is 5.82 Å². The van der Waals surface area contributed by atoms with Crippen LogP contribution >= 0.6 is 0 Å². The number of hydrogen-bond donors (Lipinski definition) is 0. The van der Waals surface area contributed by atoms with E-state index >= 15 is 0 Å². The Labute approximate surface area is 92.2 Å². The first-order chi connectivity index (χ1) is 7.65. The van der Waals surface area contributed by atoms with Gasteiger partial charge in [0.25, 0.3) is 0 Å². The largest absolute Gasteiger partial charge is 0.496 e. The quantitative estimate of drug-likeness (QED) is 0.734. The molecule has 0 aromatic heterocycles. The lowest BCUT2D eigenvalue weighted by molar-refractivity contribution is 0.0517. The molecule has 0 fully saturated rings. The van der Waals surface area contributed by atoms with Crippen molar-refractivity contribution in [2.24, 2.45) is 0 Å². The minimum absolute atomic E-state index is 0.0509. The summed E-state index contributed by atoms with van der Waals surface area (Å²) < 4.78 is 23.2. The van der Waals surface area contributed by atoms with E-state index in [1.54, 1.807) is 13.0 Å². The van der Waals surface area contributed by atoms with E-state index in [1.165, 1.54) is 19.2 Å². The first-order valence-electron chi connectivity index (χ1n) is 4.59. The van der Waals surface area contributed by atoms with Gasteiger partial charge < -0.3 is 9.47 Å². The molecule has 1 aromatic carbocycles. The molecule has 4 nitrogen and oxygen atoms in total. The smallest absolute Gasteiger partial charge is 0.344 e. The average Bonchev–Trinajstić information content (AvgIpc) is 2.28. The molecular formula is C11H10FNO3. The van der Waals surface area contributed by atoms with Crippen molar-refractivity contribution >= 4 is 5.97 Å². The van der Waals surface area contributed by atoms with Crippen LogP contribution in [0.3, 0.4) is 0 Å². The summed E-state index contributed by atoms with van der Waals surface area (Å²) in [5.74, 6) is -1.70. The maximum atomic E-state index is 13.7. The number of hydrogen-bond acceptors (Lipinski definition) is 4. The molecule has 84 valence electrons. The molecule has 16 heavy (non-hydrogen) atoms. The Kier molecular flexibility index (Phi) is 3.84. The molecule has 1 rings (SSSR count). The van der Waals surface area contributed by atoms with Crippen LogP contribution in [0.15, 0.2) is 12.1 Å². The lowest BCUT2D eigenvalue weighted by atomic mass is 10.1. The van der Waals surface area contributed by atoms with Crippen molar-refractivity contribution in [2.75, 3.05) is 13.7 Å². The van der Waals surface area contributed by atoms with Gasteiger partial charge in [-0.2, -0.15) is 5.26 Å². The van der Waals surface area contributed by atoms with E-state index in [-0.39, 0.29) is 23.5 Å². The van der Waals surface area contributed by atoms with Crippen LogP contribution in [0.1, 0.15) is 22.8 Å². The second-order valence-corrected chi connectivity index (χ2v) is 2.84. The van der Waals surface area contributed by atoms with Gasteiger partial charge in [0.1, 0.15) is 17.4 Å². The van der Waals surface area contributed by atoms with Crippen molar-refractivity contribution in [3.8, 4) is 11.8 Å². The molecule has 0 aliphatic rings. The summed E-state index contributed by atoms with van der Waals surface area (Å²) in [6.07, 6.45) is 0. The Morgan fingerprint density at radius 1 is 1.56 bits per heavy atom. The highest BCUT2D eigenvalue weighted by Crippen LogP contribution is 2.24. The number of ether oxygens (including phenoxy) is 2. The third-order valence-electron chi connectivity index (χ3n) is 1.92. The van der Waals surface area contributed by atoms with Gasteiger partial charge in [-0.25, -0.2) is 9.18 Å². The summed E-state index contributed by atoms with van der Waals surface area (Å²) in [4.78, 5) is 11.5. The van der Waals surface area contributed by atoms with Gasteiger partial charge in [-0.05, 0) is 19.1 Å². The number of nitriles is 1. The zero-order chi connectivity index (χ0) is 12.1. The van der Waals surface area contributed by atoms with Crippen molar-refractivity contribution in [3.63, 3.8) is 0 Å². The third kappa shape index (κ3) is 2.11. The van der Waals surface area contributed by atoms with Crippen LogP contribution in [0.4, 0.5) is 4.39 Å². The number of benzene rings is 1. The van der Waals surface area contributed by atoms with E-state index in [0.717, 1.165) is 0 Å². The number of rotatable bonds is 3. The molecule has 0 atom stereocenters. The molecule has 0 heterocycles. The normalized spacial score (nSPS) is 9.38. The van der Waals surface area contributed by atoms with Crippen LogP contribution < -0.4 is 4.74 Å². The van der Waals surface area contributed by atoms with E-state index in [2.05, 4.69) is 4.74 Å². The summed E-state index contributed by atoms with van der Waals surface area (Å²) in [6, 6.07) is 4.25. The minimum Gasteiger partial charge on any atom is -0.496 e. The van der Waals surface area contributed by atoms with E-state index < -0.39 is 11.8 Å². The number of carbonyl (C=O) groups excluding carboxylic acids is 1. The maximum Gasteiger partial charge on any atom is 0.344 e. The molecule has 0 aliphatic heterocycles. The fourth-order valence-corrected chi connectivity index (χ4v) is 1.21. The number of carbonyl (C=O) groups is 1. The number of methoxy groups -OCH3 is 1. The lowest BCUT2D eigenvalue weighted by Gasteiger charge is -2.09. The van der Waals surface area contributed by atoms with Crippen molar-refractivity contribution < 1.29 is 18.7 Å². The molecule has 0 amide bonds. The first-order valence-corrected chi connectivity index (χ1v) is 4.59. The fourth-order valence-electron chi connectivity index (χ4n) is 1.21. The molecule has 0 spiro atoms. The maximum absolute atomic E-state index is 13.7. The zero-order valence-corrected chi connectivity index (χ0v) is 8.91. The predicted octanol–water partition coefficient (Wildman–Crippen LogP) is 1.88. The summed E-state index contributed by atoms with van der Waals surface area (Å²) >= 11 is 0. The Bertz CT molecular complexity index is 451. The van der Waals surface area contributed by atoms with Crippen LogP contribution in [-0.4, -0.2) is 19.7 Å². The van der Waals surface area contributed by atoms with Gasteiger partial charge in [0.2, 0.25) is 0 Å². The lowest BCUT2D eigenvalue weighted by Crippen LogP contribution is -2.10. The minimum atomic E-state index is -0.916. The Hall–Kier alpha value is -2.09. The van der Waals surface area contributed by atoms with Gasteiger partial charge in [0, 0.05) is 0 Å². The van der Waals surface area contributed by atoms with Crippen LogP contribution in [0.25, 0.3) is 0 Å². The van der Waals surface area contributed by atoms with Crippen molar-refractivity contribution in [1.29, 1.82) is 5.26 Å². The summed E-state index contributed by atoms with van der Waals surface area (Å²) in [7, 11) is 1.31. The molecular weight excluding hydrogens is 213 g/mol. The second kappa shape index (κ2) is 5.12. The average molecular weight is 223 g/mol. The first kappa shape index (κ1) is 12.0. The molecule has 0 N–H and O–H groups in total. The van der Waals surface area contributed by atoms with E-state index in [0.29, 0.717) is 0 Å². The fraction of sp³-hybridized carbons (Fsp3) is 0.273.